The van der Waals surface area contributed by atoms with Gasteiger partial charge in [0.05, 0.1) is 13.2 Å². The molecule has 0 amide bonds. The van der Waals surface area contributed by atoms with Gasteiger partial charge in [-0.1, -0.05) is 0 Å². The van der Waals surface area contributed by atoms with Gasteiger partial charge in [-0.25, -0.2) is 0 Å². The van der Waals surface area contributed by atoms with Gasteiger partial charge in [0.1, 0.15) is 0 Å². The first kappa shape index (κ1) is 10.4. The highest BCUT2D eigenvalue weighted by Gasteiger charge is 2.17. The number of rotatable bonds is 3. The van der Waals surface area contributed by atoms with Crippen LogP contribution in [0.5, 0.6) is 6.01 Å². The summed E-state index contributed by atoms with van der Waals surface area (Å²) in [5, 5.41) is 0.0418. The van der Waals surface area contributed by atoms with Crippen LogP contribution >= 0.6 is 11.6 Å². The second-order valence-electron chi connectivity index (χ2n) is 3.29. The molecule has 0 spiro atoms. The van der Waals surface area contributed by atoms with Crippen LogP contribution in [0, 0.1) is 5.92 Å². The molecule has 82 valence electrons. The Morgan fingerprint density at radius 1 is 1.47 bits per heavy atom. The molecule has 0 aromatic carbocycles. The van der Waals surface area contributed by atoms with Gasteiger partial charge in [0.2, 0.25) is 11.2 Å². The molecule has 1 aromatic heterocycles. The van der Waals surface area contributed by atoms with E-state index in [2.05, 4.69) is 15.0 Å². The minimum Gasteiger partial charge on any atom is -0.463 e. The molecule has 7 heteroatoms. The molecular formula is C8H11ClN4O2. The van der Waals surface area contributed by atoms with Crippen molar-refractivity contribution in [2.24, 2.45) is 5.92 Å². The Labute approximate surface area is 91.8 Å². The van der Waals surface area contributed by atoms with Gasteiger partial charge < -0.3 is 15.2 Å². The molecule has 1 unspecified atom stereocenters. The molecule has 6 nitrogen and oxygen atoms in total. The predicted octanol–water partition coefficient (Wildman–Crippen LogP) is 0.522. The quantitative estimate of drug-likeness (QED) is 0.815. The highest BCUT2D eigenvalue weighted by molar-refractivity contribution is 6.28. The number of hydrogen-bond donors (Lipinski definition) is 1. The summed E-state index contributed by atoms with van der Waals surface area (Å²) in [6, 6.07) is 0.166. The van der Waals surface area contributed by atoms with Crippen molar-refractivity contribution in [2.75, 3.05) is 25.6 Å². The van der Waals surface area contributed by atoms with E-state index in [1.54, 1.807) is 0 Å². The summed E-state index contributed by atoms with van der Waals surface area (Å²) in [5.74, 6) is 0.453. The van der Waals surface area contributed by atoms with Crippen LogP contribution in [-0.2, 0) is 4.74 Å². The first-order valence-corrected chi connectivity index (χ1v) is 4.99. The van der Waals surface area contributed by atoms with Crippen LogP contribution in [0.3, 0.4) is 0 Å². The molecule has 0 bridgehead atoms. The number of ether oxygens (including phenoxy) is 2. The summed E-state index contributed by atoms with van der Waals surface area (Å²) in [7, 11) is 0. The number of anilines is 1. The SMILES string of the molecule is Nc1nc(Cl)nc(OCC2CCOC2)n1. The molecule has 2 rings (SSSR count). The lowest BCUT2D eigenvalue weighted by molar-refractivity contribution is 0.163. The molecule has 0 radical (unpaired) electrons. The summed E-state index contributed by atoms with van der Waals surface area (Å²) < 4.78 is 10.6. The van der Waals surface area contributed by atoms with Gasteiger partial charge in [-0.2, -0.15) is 15.0 Å². The van der Waals surface area contributed by atoms with Gasteiger partial charge in [-0.05, 0) is 18.0 Å². The minimum atomic E-state index is 0.0418. The van der Waals surface area contributed by atoms with E-state index in [9.17, 15) is 0 Å². The van der Waals surface area contributed by atoms with E-state index in [1.807, 2.05) is 0 Å². The smallest absolute Gasteiger partial charge is 0.322 e. The largest absolute Gasteiger partial charge is 0.463 e. The van der Waals surface area contributed by atoms with Gasteiger partial charge in [0.15, 0.2) is 0 Å². The number of hydrogen-bond acceptors (Lipinski definition) is 6. The Balaban J connectivity index is 1.92. The van der Waals surface area contributed by atoms with Crippen LogP contribution in [0.25, 0.3) is 0 Å². The Morgan fingerprint density at radius 2 is 2.33 bits per heavy atom. The molecule has 1 fully saturated rings. The van der Waals surface area contributed by atoms with Gasteiger partial charge in [-0.3, -0.25) is 0 Å². The van der Waals surface area contributed by atoms with Crippen molar-refractivity contribution in [1.29, 1.82) is 0 Å². The molecule has 2 heterocycles. The number of nitrogen functional groups attached to an aromatic ring is 1. The van der Waals surface area contributed by atoms with Gasteiger partial charge in [-0.15, -0.1) is 0 Å². The Kier molecular flexibility index (Phi) is 3.17. The first-order chi connectivity index (χ1) is 7.24. The number of nitrogens with zero attached hydrogens (tertiary/aromatic N) is 3. The van der Waals surface area contributed by atoms with Gasteiger partial charge in [0, 0.05) is 12.5 Å². The van der Waals surface area contributed by atoms with E-state index in [-0.39, 0.29) is 17.2 Å². The fraction of sp³-hybridized carbons (Fsp3) is 0.625. The van der Waals surface area contributed by atoms with E-state index in [4.69, 9.17) is 26.8 Å². The zero-order valence-electron chi connectivity index (χ0n) is 8.02. The van der Waals surface area contributed by atoms with Crippen molar-refractivity contribution in [1.82, 2.24) is 15.0 Å². The van der Waals surface area contributed by atoms with Crippen LogP contribution in [-0.4, -0.2) is 34.8 Å². The van der Waals surface area contributed by atoms with E-state index < -0.39 is 0 Å². The van der Waals surface area contributed by atoms with Crippen molar-refractivity contribution in [3.05, 3.63) is 5.28 Å². The van der Waals surface area contributed by atoms with Crippen molar-refractivity contribution in [3.63, 3.8) is 0 Å². The summed E-state index contributed by atoms with van der Waals surface area (Å²) in [5.41, 5.74) is 5.39. The maximum atomic E-state index is 5.60. The van der Waals surface area contributed by atoms with Crippen molar-refractivity contribution in [2.45, 2.75) is 6.42 Å². The number of nitrogens with two attached hydrogens (primary N) is 1. The lowest BCUT2D eigenvalue weighted by Crippen LogP contribution is -2.13. The molecule has 1 aliphatic rings. The standard InChI is InChI=1S/C8H11ClN4O2/c9-6-11-7(10)13-8(12-6)15-4-5-1-2-14-3-5/h5H,1-4H2,(H2,10,11,12,13). The van der Waals surface area contributed by atoms with Crippen LogP contribution < -0.4 is 10.5 Å². The Bertz CT molecular complexity index is 323. The molecule has 1 aliphatic heterocycles. The molecule has 1 atom stereocenters. The third kappa shape index (κ3) is 2.90. The van der Waals surface area contributed by atoms with Crippen LogP contribution in [0.1, 0.15) is 6.42 Å². The molecular weight excluding hydrogens is 220 g/mol. The summed E-state index contributed by atoms with van der Waals surface area (Å²) in [6.07, 6.45) is 0.994. The Hall–Kier alpha value is -1.14. The number of halogens is 1. The second-order valence-corrected chi connectivity index (χ2v) is 3.62. The van der Waals surface area contributed by atoms with E-state index in [1.165, 1.54) is 0 Å². The molecule has 15 heavy (non-hydrogen) atoms. The van der Waals surface area contributed by atoms with Crippen molar-refractivity contribution in [3.8, 4) is 6.01 Å². The minimum absolute atomic E-state index is 0.0418. The van der Waals surface area contributed by atoms with Crippen LogP contribution in [0.15, 0.2) is 0 Å². The predicted molar refractivity (Wildman–Crippen MR) is 53.7 cm³/mol. The fourth-order valence-corrected chi connectivity index (χ4v) is 1.48. The summed E-state index contributed by atoms with van der Waals surface area (Å²) in [4.78, 5) is 11.2. The van der Waals surface area contributed by atoms with E-state index in [0.717, 1.165) is 13.0 Å². The van der Waals surface area contributed by atoms with Gasteiger partial charge >= 0.3 is 6.01 Å². The lowest BCUT2D eigenvalue weighted by Gasteiger charge is -2.08. The highest BCUT2D eigenvalue weighted by Crippen LogP contribution is 2.15. The van der Waals surface area contributed by atoms with E-state index in [0.29, 0.717) is 19.1 Å². The molecule has 2 N–H and O–H groups in total. The monoisotopic (exact) mass is 230 g/mol. The molecule has 1 aromatic rings. The average Bonchev–Trinajstić information content (AvgIpc) is 2.65. The maximum absolute atomic E-state index is 5.60. The zero-order valence-corrected chi connectivity index (χ0v) is 8.78. The molecule has 0 saturated carbocycles. The average molecular weight is 231 g/mol. The van der Waals surface area contributed by atoms with Crippen molar-refractivity contribution < 1.29 is 9.47 Å². The summed E-state index contributed by atoms with van der Waals surface area (Å²) in [6.45, 7) is 2.02. The lowest BCUT2D eigenvalue weighted by atomic mass is 10.1. The zero-order chi connectivity index (χ0) is 10.7. The van der Waals surface area contributed by atoms with Crippen LogP contribution in [0.4, 0.5) is 5.95 Å². The topological polar surface area (TPSA) is 83.2 Å². The third-order valence-corrected chi connectivity index (χ3v) is 2.25. The molecule has 0 aliphatic carbocycles. The Morgan fingerprint density at radius 3 is 3.00 bits per heavy atom. The first-order valence-electron chi connectivity index (χ1n) is 4.61. The molecule has 1 saturated heterocycles. The summed E-state index contributed by atoms with van der Waals surface area (Å²) >= 11 is 5.60. The van der Waals surface area contributed by atoms with E-state index >= 15 is 0 Å². The van der Waals surface area contributed by atoms with Crippen molar-refractivity contribution >= 4 is 17.5 Å². The third-order valence-electron chi connectivity index (χ3n) is 2.08. The van der Waals surface area contributed by atoms with Crippen LogP contribution in [0.2, 0.25) is 5.28 Å². The highest BCUT2D eigenvalue weighted by atomic mass is 35.5. The van der Waals surface area contributed by atoms with Gasteiger partial charge in [0.25, 0.3) is 0 Å². The maximum Gasteiger partial charge on any atom is 0.322 e. The fourth-order valence-electron chi connectivity index (χ4n) is 1.32. The second kappa shape index (κ2) is 4.59. The normalized spacial score (nSPS) is 20.5. The number of aromatic nitrogens is 3.